The van der Waals surface area contributed by atoms with Crippen molar-refractivity contribution in [3.05, 3.63) is 34.9 Å². The minimum Gasteiger partial charge on any atom is -0.317 e. The van der Waals surface area contributed by atoms with E-state index in [1.54, 1.807) is 24.3 Å². The number of nitrogens with one attached hydrogen (secondary N) is 1. The molecule has 1 aliphatic rings. The zero-order valence-electron chi connectivity index (χ0n) is 10.4. The van der Waals surface area contributed by atoms with Gasteiger partial charge in [0.15, 0.2) is 9.84 Å². The Morgan fingerprint density at radius 2 is 1.94 bits per heavy atom. The third-order valence-corrected chi connectivity index (χ3v) is 6.01. The first-order valence-corrected chi connectivity index (χ1v) is 8.24. The van der Waals surface area contributed by atoms with Crippen molar-refractivity contribution in [3.63, 3.8) is 0 Å². The Kier molecular flexibility index (Phi) is 4.30. The zero-order chi connectivity index (χ0) is 13.2. The molecule has 18 heavy (non-hydrogen) atoms. The molecule has 0 aliphatic heterocycles. The fourth-order valence-corrected chi connectivity index (χ4v) is 4.50. The van der Waals surface area contributed by atoms with Gasteiger partial charge in [-0.25, -0.2) is 8.42 Å². The molecular weight excluding hydrogens is 270 g/mol. The molecule has 0 heterocycles. The average Bonchev–Trinajstić information content (AvgIpc) is 2.81. The van der Waals surface area contributed by atoms with Crippen LogP contribution in [0.4, 0.5) is 0 Å². The fourth-order valence-electron chi connectivity index (χ4n) is 2.46. The summed E-state index contributed by atoms with van der Waals surface area (Å²) in [5.41, 5.74) is 0.812. The maximum Gasteiger partial charge on any atom is 0.157 e. The van der Waals surface area contributed by atoms with Crippen molar-refractivity contribution >= 4 is 21.4 Å². The van der Waals surface area contributed by atoms with E-state index in [-0.39, 0.29) is 11.0 Å². The maximum absolute atomic E-state index is 12.3. The van der Waals surface area contributed by atoms with Gasteiger partial charge < -0.3 is 5.32 Å². The monoisotopic (exact) mass is 287 g/mol. The summed E-state index contributed by atoms with van der Waals surface area (Å²) in [4.78, 5) is 0. The van der Waals surface area contributed by atoms with Gasteiger partial charge in [-0.2, -0.15) is 0 Å². The van der Waals surface area contributed by atoms with Crippen molar-refractivity contribution in [2.24, 2.45) is 0 Å². The van der Waals surface area contributed by atoms with E-state index in [1.807, 2.05) is 7.05 Å². The molecule has 2 rings (SSSR count). The molecule has 1 N–H and O–H groups in total. The molecule has 1 aromatic carbocycles. The van der Waals surface area contributed by atoms with Gasteiger partial charge in [0.1, 0.15) is 0 Å². The third-order valence-electron chi connectivity index (χ3n) is 3.58. The van der Waals surface area contributed by atoms with Crippen LogP contribution in [0.2, 0.25) is 5.02 Å². The molecule has 3 nitrogen and oxygen atoms in total. The molecule has 2 unspecified atom stereocenters. The van der Waals surface area contributed by atoms with Gasteiger partial charge in [0.05, 0.1) is 11.0 Å². The molecule has 0 bridgehead atoms. The fraction of sp³-hybridized carbons (Fsp3) is 0.538. The van der Waals surface area contributed by atoms with Crippen LogP contribution >= 0.6 is 11.6 Å². The number of hydrogen-bond donors (Lipinski definition) is 1. The van der Waals surface area contributed by atoms with Crippen molar-refractivity contribution in [2.45, 2.75) is 36.3 Å². The number of rotatable bonds is 4. The summed E-state index contributed by atoms with van der Waals surface area (Å²) in [7, 11) is -1.16. The highest BCUT2D eigenvalue weighted by molar-refractivity contribution is 7.91. The molecule has 5 heteroatoms. The summed E-state index contributed by atoms with van der Waals surface area (Å²) in [6, 6.07) is 7.37. The predicted octanol–water partition coefficient (Wildman–Crippen LogP) is 2.40. The number of sulfone groups is 1. The van der Waals surface area contributed by atoms with Crippen LogP contribution in [0.25, 0.3) is 0 Å². The molecule has 1 saturated carbocycles. The molecule has 0 spiro atoms. The Hall–Kier alpha value is -0.580. The van der Waals surface area contributed by atoms with Crippen LogP contribution in [-0.4, -0.2) is 26.8 Å². The minimum absolute atomic E-state index is 0.116. The molecule has 1 aromatic rings. The minimum atomic E-state index is -3.05. The first kappa shape index (κ1) is 13.8. The van der Waals surface area contributed by atoms with Crippen LogP contribution < -0.4 is 5.32 Å². The molecule has 1 fully saturated rings. The molecule has 0 saturated heterocycles. The summed E-state index contributed by atoms with van der Waals surface area (Å²) < 4.78 is 24.6. The van der Waals surface area contributed by atoms with Crippen LogP contribution in [0.3, 0.4) is 0 Å². The Morgan fingerprint density at radius 1 is 1.28 bits per heavy atom. The Labute approximate surface area is 113 Å². The highest BCUT2D eigenvalue weighted by atomic mass is 35.5. The van der Waals surface area contributed by atoms with E-state index in [1.165, 1.54) is 0 Å². The number of benzene rings is 1. The number of halogens is 1. The molecule has 2 atom stereocenters. The molecule has 100 valence electrons. The Balaban J connectivity index is 2.06. The van der Waals surface area contributed by atoms with Gasteiger partial charge in [0.25, 0.3) is 0 Å². The highest BCUT2D eigenvalue weighted by Crippen LogP contribution is 2.27. The Morgan fingerprint density at radius 3 is 2.50 bits per heavy atom. The smallest absolute Gasteiger partial charge is 0.157 e. The lowest BCUT2D eigenvalue weighted by molar-refractivity contribution is 0.564. The average molecular weight is 288 g/mol. The quantitative estimate of drug-likeness (QED) is 0.925. The second-order valence-electron chi connectivity index (χ2n) is 4.85. The second-order valence-corrected chi connectivity index (χ2v) is 7.57. The molecule has 0 radical (unpaired) electrons. The van der Waals surface area contributed by atoms with E-state index in [2.05, 4.69) is 5.32 Å². The zero-order valence-corrected chi connectivity index (χ0v) is 12.0. The van der Waals surface area contributed by atoms with Gasteiger partial charge >= 0.3 is 0 Å². The third kappa shape index (κ3) is 3.25. The lowest BCUT2D eigenvalue weighted by Gasteiger charge is -2.12. The van der Waals surface area contributed by atoms with Crippen LogP contribution in [0.5, 0.6) is 0 Å². The van der Waals surface area contributed by atoms with E-state index in [4.69, 9.17) is 11.6 Å². The largest absolute Gasteiger partial charge is 0.317 e. The van der Waals surface area contributed by atoms with E-state index in [0.29, 0.717) is 11.1 Å². The van der Waals surface area contributed by atoms with Crippen LogP contribution in [0, 0.1) is 0 Å². The summed E-state index contributed by atoms with van der Waals surface area (Å²) >= 11 is 5.79. The Bertz CT molecular complexity index is 498. The van der Waals surface area contributed by atoms with Crippen molar-refractivity contribution < 1.29 is 8.42 Å². The SMILES string of the molecule is CNC1CCC(S(=O)(=O)Cc2ccc(Cl)cc2)C1. The first-order valence-electron chi connectivity index (χ1n) is 6.14. The standard InChI is InChI=1S/C13H18ClNO2S/c1-15-12-6-7-13(8-12)18(16,17)9-10-2-4-11(14)5-3-10/h2-5,12-13,15H,6-9H2,1H3. The van der Waals surface area contributed by atoms with Crippen molar-refractivity contribution in [2.75, 3.05) is 7.05 Å². The first-order chi connectivity index (χ1) is 8.51. The van der Waals surface area contributed by atoms with E-state index >= 15 is 0 Å². The summed E-state index contributed by atoms with van der Waals surface area (Å²) in [5, 5.41) is 3.58. The molecular formula is C13H18ClNO2S. The highest BCUT2D eigenvalue weighted by Gasteiger charge is 2.33. The van der Waals surface area contributed by atoms with Gasteiger partial charge in [0, 0.05) is 11.1 Å². The van der Waals surface area contributed by atoms with Crippen molar-refractivity contribution in [1.29, 1.82) is 0 Å². The summed E-state index contributed by atoms with van der Waals surface area (Å²) in [5.74, 6) is 0.116. The summed E-state index contributed by atoms with van der Waals surface area (Å²) in [6.07, 6.45) is 2.44. The van der Waals surface area contributed by atoms with Gasteiger partial charge in [0.2, 0.25) is 0 Å². The lowest BCUT2D eigenvalue weighted by Crippen LogP contribution is -2.25. The van der Waals surface area contributed by atoms with Crippen LogP contribution in [0.1, 0.15) is 24.8 Å². The van der Waals surface area contributed by atoms with Crippen LogP contribution in [-0.2, 0) is 15.6 Å². The maximum atomic E-state index is 12.3. The second kappa shape index (κ2) is 5.59. The van der Waals surface area contributed by atoms with Gasteiger partial charge in [-0.05, 0) is 44.0 Å². The summed E-state index contributed by atoms with van der Waals surface area (Å²) in [6.45, 7) is 0. The molecule has 1 aliphatic carbocycles. The molecule has 0 amide bonds. The van der Waals surface area contributed by atoms with Crippen LogP contribution in [0.15, 0.2) is 24.3 Å². The normalized spacial score (nSPS) is 24.3. The lowest BCUT2D eigenvalue weighted by atomic mass is 10.2. The topological polar surface area (TPSA) is 46.2 Å². The molecule has 0 aromatic heterocycles. The van der Waals surface area contributed by atoms with E-state index in [9.17, 15) is 8.42 Å². The van der Waals surface area contributed by atoms with E-state index in [0.717, 1.165) is 24.8 Å². The van der Waals surface area contributed by atoms with Crippen molar-refractivity contribution in [1.82, 2.24) is 5.32 Å². The van der Waals surface area contributed by atoms with Gasteiger partial charge in [-0.3, -0.25) is 0 Å². The van der Waals surface area contributed by atoms with Gasteiger partial charge in [-0.15, -0.1) is 0 Å². The van der Waals surface area contributed by atoms with Crippen molar-refractivity contribution in [3.8, 4) is 0 Å². The van der Waals surface area contributed by atoms with Gasteiger partial charge in [-0.1, -0.05) is 23.7 Å². The predicted molar refractivity (Wildman–Crippen MR) is 74.6 cm³/mol. The van der Waals surface area contributed by atoms with E-state index < -0.39 is 9.84 Å². The number of hydrogen-bond acceptors (Lipinski definition) is 3.